The van der Waals surface area contributed by atoms with Crippen LogP contribution in [0.25, 0.3) is 0 Å². The Morgan fingerprint density at radius 1 is 1.35 bits per heavy atom. The average Bonchev–Trinajstić information content (AvgIpc) is 2.46. The molecule has 0 bridgehead atoms. The van der Waals surface area contributed by atoms with Crippen molar-refractivity contribution >= 4 is 15.7 Å². The van der Waals surface area contributed by atoms with Gasteiger partial charge in [-0.05, 0) is 38.2 Å². The second-order valence-corrected chi connectivity index (χ2v) is 6.80. The van der Waals surface area contributed by atoms with E-state index in [9.17, 15) is 8.42 Å². The number of nitrogens with one attached hydrogen (secondary N) is 1. The summed E-state index contributed by atoms with van der Waals surface area (Å²) in [6.45, 7) is 3.98. The third kappa shape index (κ3) is 3.29. The van der Waals surface area contributed by atoms with E-state index < -0.39 is 10.0 Å². The molecule has 1 aromatic rings. The molecule has 1 heterocycles. The Labute approximate surface area is 120 Å². The van der Waals surface area contributed by atoms with Crippen LogP contribution in [0, 0.1) is 0 Å². The molecule has 1 aliphatic heterocycles. The Hall–Kier alpha value is -1.15. The predicted octanol–water partition coefficient (Wildman–Crippen LogP) is 0.147. The third-order valence-electron chi connectivity index (χ3n) is 3.37. The van der Waals surface area contributed by atoms with E-state index in [2.05, 4.69) is 9.62 Å². The molecule has 2 rings (SSSR count). The van der Waals surface area contributed by atoms with Crippen molar-refractivity contribution in [3.05, 3.63) is 24.3 Å². The largest absolute Gasteiger partial charge is 0.370 e. The Morgan fingerprint density at radius 3 is 2.55 bits per heavy atom. The molecule has 0 saturated carbocycles. The Kier molecular flexibility index (Phi) is 4.64. The molecule has 2 unspecified atom stereocenters. The number of nitrogens with two attached hydrogens (primary N) is 1. The predicted molar refractivity (Wildman–Crippen MR) is 78.3 cm³/mol. The maximum absolute atomic E-state index is 11.7. The highest BCUT2D eigenvalue weighted by atomic mass is 32.2. The van der Waals surface area contributed by atoms with E-state index in [1.165, 1.54) is 7.05 Å². The zero-order valence-corrected chi connectivity index (χ0v) is 12.6. The summed E-state index contributed by atoms with van der Waals surface area (Å²) in [5.41, 5.74) is 6.65. The first kappa shape index (κ1) is 15.2. The number of rotatable bonds is 4. The van der Waals surface area contributed by atoms with Gasteiger partial charge in [0.2, 0.25) is 10.0 Å². The van der Waals surface area contributed by atoms with Crippen molar-refractivity contribution in [2.24, 2.45) is 5.73 Å². The fraction of sp³-hybridized carbons (Fsp3) is 0.538. The standard InChI is InChI=1S/C13H21N3O3S/c1-10-8-16(9-12(7-14)19-10)11-3-5-13(6-4-11)20(17,18)15-2/h3-6,10,12,15H,7-9,14H2,1-2H3. The zero-order chi connectivity index (χ0) is 14.8. The van der Waals surface area contributed by atoms with Crippen LogP contribution in [0.5, 0.6) is 0 Å². The molecule has 0 aliphatic carbocycles. The molecule has 3 N–H and O–H groups in total. The number of anilines is 1. The van der Waals surface area contributed by atoms with Crippen LogP contribution < -0.4 is 15.4 Å². The highest BCUT2D eigenvalue weighted by Crippen LogP contribution is 2.22. The molecule has 1 aromatic carbocycles. The molecule has 7 heteroatoms. The van der Waals surface area contributed by atoms with Gasteiger partial charge in [-0.1, -0.05) is 0 Å². The van der Waals surface area contributed by atoms with Crippen molar-refractivity contribution in [3.63, 3.8) is 0 Å². The second kappa shape index (κ2) is 6.09. The summed E-state index contributed by atoms with van der Waals surface area (Å²) < 4.78 is 31.4. The summed E-state index contributed by atoms with van der Waals surface area (Å²) in [6.07, 6.45) is 0.123. The number of nitrogens with zero attached hydrogens (tertiary/aromatic N) is 1. The molecular formula is C13H21N3O3S. The van der Waals surface area contributed by atoms with Gasteiger partial charge < -0.3 is 15.4 Å². The van der Waals surface area contributed by atoms with Crippen LogP contribution >= 0.6 is 0 Å². The minimum atomic E-state index is -3.39. The van der Waals surface area contributed by atoms with Crippen LogP contribution in [-0.4, -0.2) is 47.3 Å². The average molecular weight is 299 g/mol. The highest BCUT2D eigenvalue weighted by Gasteiger charge is 2.24. The van der Waals surface area contributed by atoms with Crippen LogP contribution in [0.4, 0.5) is 5.69 Å². The van der Waals surface area contributed by atoms with Crippen LogP contribution in [0.1, 0.15) is 6.92 Å². The van der Waals surface area contributed by atoms with E-state index >= 15 is 0 Å². The van der Waals surface area contributed by atoms with E-state index in [0.29, 0.717) is 6.54 Å². The Morgan fingerprint density at radius 2 is 2.00 bits per heavy atom. The summed E-state index contributed by atoms with van der Waals surface area (Å²) in [6, 6.07) is 6.85. The number of morpholine rings is 1. The Balaban J connectivity index is 2.17. The van der Waals surface area contributed by atoms with Crippen molar-refractivity contribution in [1.29, 1.82) is 0 Å². The van der Waals surface area contributed by atoms with Gasteiger partial charge in [-0.15, -0.1) is 0 Å². The second-order valence-electron chi connectivity index (χ2n) is 4.91. The monoisotopic (exact) mass is 299 g/mol. The molecule has 1 fully saturated rings. The smallest absolute Gasteiger partial charge is 0.240 e. The van der Waals surface area contributed by atoms with Crippen molar-refractivity contribution in [1.82, 2.24) is 4.72 Å². The summed E-state index contributed by atoms with van der Waals surface area (Å²) in [5.74, 6) is 0. The van der Waals surface area contributed by atoms with Crippen molar-refractivity contribution in [2.45, 2.75) is 24.0 Å². The molecule has 0 amide bonds. The molecule has 0 radical (unpaired) electrons. The maximum Gasteiger partial charge on any atom is 0.240 e. The number of benzene rings is 1. The van der Waals surface area contributed by atoms with Crippen LogP contribution in [0.3, 0.4) is 0 Å². The van der Waals surface area contributed by atoms with Gasteiger partial charge in [0, 0.05) is 25.3 Å². The minimum absolute atomic E-state index is 0.0134. The van der Waals surface area contributed by atoms with Crippen molar-refractivity contribution in [3.8, 4) is 0 Å². The van der Waals surface area contributed by atoms with Crippen molar-refractivity contribution < 1.29 is 13.2 Å². The van der Waals surface area contributed by atoms with Gasteiger partial charge in [-0.25, -0.2) is 13.1 Å². The molecule has 1 saturated heterocycles. The fourth-order valence-electron chi connectivity index (χ4n) is 2.34. The number of hydrogen-bond donors (Lipinski definition) is 2. The third-order valence-corrected chi connectivity index (χ3v) is 4.80. The lowest BCUT2D eigenvalue weighted by atomic mass is 10.2. The minimum Gasteiger partial charge on any atom is -0.370 e. The molecule has 0 aromatic heterocycles. The lowest BCUT2D eigenvalue weighted by Crippen LogP contribution is -2.49. The number of ether oxygens (including phenoxy) is 1. The van der Waals surface area contributed by atoms with Gasteiger partial charge in [0.1, 0.15) is 0 Å². The van der Waals surface area contributed by atoms with E-state index in [1.807, 2.05) is 19.1 Å². The van der Waals surface area contributed by atoms with Crippen LogP contribution in [0.2, 0.25) is 0 Å². The summed E-state index contributed by atoms with van der Waals surface area (Å²) >= 11 is 0. The summed E-state index contributed by atoms with van der Waals surface area (Å²) in [7, 11) is -1.98. The van der Waals surface area contributed by atoms with E-state index in [-0.39, 0.29) is 17.1 Å². The maximum atomic E-state index is 11.7. The fourth-order valence-corrected chi connectivity index (χ4v) is 3.07. The lowest BCUT2D eigenvalue weighted by Gasteiger charge is -2.37. The van der Waals surface area contributed by atoms with Gasteiger partial charge in [0.05, 0.1) is 17.1 Å². The number of hydrogen-bond acceptors (Lipinski definition) is 5. The Bertz CT molecular complexity index is 544. The highest BCUT2D eigenvalue weighted by molar-refractivity contribution is 7.89. The molecule has 0 spiro atoms. The van der Waals surface area contributed by atoms with Gasteiger partial charge in [-0.3, -0.25) is 0 Å². The number of sulfonamides is 1. The van der Waals surface area contributed by atoms with Gasteiger partial charge in [0.25, 0.3) is 0 Å². The molecule has 112 valence electrons. The van der Waals surface area contributed by atoms with Gasteiger partial charge >= 0.3 is 0 Å². The molecule has 1 aliphatic rings. The molecular weight excluding hydrogens is 278 g/mol. The molecule has 2 atom stereocenters. The van der Waals surface area contributed by atoms with Crippen LogP contribution in [-0.2, 0) is 14.8 Å². The quantitative estimate of drug-likeness (QED) is 0.826. The van der Waals surface area contributed by atoms with Gasteiger partial charge in [0.15, 0.2) is 0 Å². The first-order chi connectivity index (χ1) is 9.46. The first-order valence-corrected chi connectivity index (χ1v) is 8.08. The van der Waals surface area contributed by atoms with E-state index in [4.69, 9.17) is 10.5 Å². The summed E-state index contributed by atoms with van der Waals surface area (Å²) in [4.78, 5) is 2.43. The van der Waals surface area contributed by atoms with Crippen molar-refractivity contribution in [2.75, 3.05) is 31.6 Å². The topological polar surface area (TPSA) is 84.7 Å². The first-order valence-electron chi connectivity index (χ1n) is 6.60. The normalized spacial score (nSPS) is 23.9. The SMILES string of the molecule is CNS(=O)(=O)c1ccc(N2CC(C)OC(CN)C2)cc1. The molecule has 6 nitrogen and oxygen atoms in total. The van der Waals surface area contributed by atoms with E-state index in [1.54, 1.807) is 12.1 Å². The summed E-state index contributed by atoms with van der Waals surface area (Å²) in [5, 5.41) is 0. The molecule has 20 heavy (non-hydrogen) atoms. The zero-order valence-electron chi connectivity index (χ0n) is 11.7. The van der Waals surface area contributed by atoms with Gasteiger partial charge in [-0.2, -0.15) is 0 Å². The lowest BCUT2D eigenvalue weighted by molar-refractivity contribution is -0.0104. The van der Waals surface area contributed by atoms with Crippen LogP contribution in [0.15, 0.2) is 29.2 Å². The van der Waals surface area contributed by atoms with E-state index in [0.717, 1.165) is 18.8 Å².